The molecule has 1 fully saturated rings. The summed E-state index contributed by atoms with van der Waals surface area (Å²) in [4.78, 5) is 30.1. The summed E-state index contributed by atoms with van der Waals surface area (Å²) in [6.07, 6.45) is 1.80. The van der Waals surface area contributed by atoms with Crippen molar-refractivity contribution >= 4 is 17.6 Å². The number of aryl methyl sites for hydroxylation is 1. The van der Waals surface area contributed by atoms with Crippen LogP contribution in [-0.2, 0) is 9.59 Å². The van der Waals surface area contributed by atoms with Gasteiger partial charge in [0, 0.05) is 12.6 Å². The van der Waals surface area contributed by atoms with E-state index in [9.17, 15) is 9.59 Å². The van der Waals surface area contributed by atoms with Gasteiger partial charge in [-0.15, -0.1) is 0 Å². The summed E-state index contributed by atoms with van der Waals surface area (Å²) in [5.74, 6) is -0.334. The van der Waals surface area contributed by atoms with Gasteiger partial charge in [0.05, 0.1) is 5.92 Å². The van der Waals surface area contributed by atoms with E-state index in [2.05, 4.69) is 4.98 Å². The molecule has 2 aromatic rings. The number of carbonyl (C=O) groups excluding carboxylic acids is 2. The molecule has 1 saturated heterocycles. The van der Waals surface area contributed by atoms with Gasteiger partial charge in [0.2, 0.25) is 11.8 Å². The van der Waals surface area contributed by atoms with E-state index in [-0.39, 0.29) is 18.2 Å². The number of amides is 2. The van der Waals surface area contributed by atoms with Crippen LogP contribution in [0.1, 0.15) is 23.5 Å². The minimum absolute atomic E-state index is 0.189. The van der Waals surface area contributed by atoms with Gasteiger partial charge in [-0.25, -0.2) is 9.88 Å². The summed E-state index contributed by atoms with van der Waals surface area (Å²) in [6.45, 7) is 1.85. The smallest absolute Gasteiger partial charge is 0.243 e. The highest BCUT2D eigenvalue weighted by Gasteiger charge is 2.41. The molecule has 1 aromatic heterocycles. The molecule has 0 N–H and O–H groups in total. The Morgan fingerprint density at radius 1 is 1.10 bits per heavy atom. The molecule has 0 spiro atoms. The number of hydrogen-bond donors (Lipinski definition) is 0. The molecule has 0 saturated carbocycles. The van der Waals surface area contributed by atoms with Crippen LogP contribution < -0.4 is 4.90 Å². The van der Waals surface area contributed by atoms with E-state index in [1.807, 2.05) is 43.3 Å². The number of imide groups is 1. The van der Waals surface area contributed by atoms with Crippen LogP contribution in [0.2, 0.25) is 0 Å². The number of hydrogen-bond acceptors (Lipinski definition) is 3. The molecule has 4 heteroatoms. The molecule has 100 valence electrons. The van der Waals surface area contributed by atoms with Crippen molar-refractivity contribution in [2.24, 2.45) is 0 Å². The van der Waals surface area contributed by atoms with Gasteiger partial charge in [-0.1, -0.05) is 36.4 Å². The Kier molecular flexibility index (Phi) is 3.06. The molecule has 4 nitrogen and oxygen atoms in total. The molecular formula is C16H14N2O2. The summed E-state index contributed by atoms with van der Waals surface area (Å²) < 4.78 is 0. The van der Waals surface area contributed by atoms with Crippen LogP contribution in [0.15, 0.2) is 48.7 Å². The zero-order chi connectivity index (χ0) is 14.1. The van der Waals surface area contributed by atoms with Crippen molar-refractivity contribution < 1.29 is 9.59 Å². The zero-order valence-corrected chi connectivity index (χ0v) is 11.1. The lowest BCUT2D eigenvalue weighted by molar-refractivity contribution is -0.121. The second-order valence-electron chi connectivity index (χ2n) is 4.88. The molecule has 1 aromatic carbocycles. The maximum absolute atomic E-state index is 12.5. The molecule has 0 bridgehead atoms. The second kappa shape index (κ2) is 4.89. The van der Waals surface area contributed by atoms with Crippen LogP contribution in [0.25, 0.3) is 0 Å². The molecular weight excluding hydrogens is 252 g/mol. The first-order valence-corrected chi connectivity index (χ1v) is 6.52. The molecule has 2 heterocycles. The average molecular weight is 266 g/mol. The van der Waals surface area contributed by atoms with Crippen molar-refractivity contribution in [3.05, 3.63) is 59.8 Å². The number of anilines is 1. The van der Waals surface area contributed by atoms with Gasteiger partial charge in [-0.05, 0) is 24.1 Å². The Morgan fingerprint density at radius 2 is 1.85 bits per heavy atom. The largest absolute Gasteiger partial charge is 0.274 e. The highest BCUT2D eigenvalue weighted by Crippen LogP contribution is 2.33. The molecule has 1 atom stereocenters. The third-order valence-corrected chi connectivity index (χ3v) is 3.54. The van der Waals surface area contributed by atoms with Crippen molar-refractivity contribution in [2.75, 3.05) is 4.90 Å². The standard InChI is InChI=1S/C16H14N2O2/c1-11-6-5-9-17-15(11)18-14(19)10-13(16(18)20)12-7-3-2-4-8-12/h2-9,13H,10H2,1H3. The fourth-order valence-corrected chi connectivity index (χ4v) is 2.51. The SMILES string of the molecule is Cc1cccnc1N1C(=O)CC(c2ccccc2)C1=O. The topological polar surface area (TPSA) is 50.3 Å². The van der Waals surface area contributed by atoms with Crippen molar-refractivity contribution in [2.45, 2.75) is 19.3 Å². The minimum atomic E-state index is -0.398. The van der Waals surface area contributed by atoms with Crippen molar-refractivity contribution in [1.29, 1.82) is 0 Å². The maximum atomic E-state index is 12.5. The summed E-state index contributed by atoms with van der Waals surface area (Å²) in [6, 6.07) is 13.0. The fourth-order valence-electron chi connectivity index (χ4n) is 2.51. The number of benzene rings is 1. The lowest BCUT2D eigenvalue weighted by Crippen LogP contribution is -2.31. The van der Waals surface area contributed by atoms with Crippen molar-refractivity contribution in [1.82, 2.24) is 4.98 Å². The van der Waals surface area contributed by atoms with Gasteiger partial charge < -0.3 is 0 Å². The molecule has 1 aliphatic heterocycles. The Hall–Kier alpha value is -2.49. The van der Waals surface area contributed by atoms with E-state index in [0.717, 1.165) is 11.1 Å². The molecule has 2 amide bonds. The first-order chi connectivity index (χ1) is 9.68. The predicted molar refractivity (Wildman–Crippen MR) is 75.3 cm³/mol. The molecule has 1 unspecified atom stereocenters. The van der Waals surface area contributed by atoms with Gasteiger partial charge in [0.25, 0.3) is 0 Å². The number of pyridine rings is 1. The Bertz CT molecular complexity index is 667. The Morgan fingerprint density at radius 3 is 2.55 bits per heavy atom. The molecule has 0 radical (unpaired) electrons. The highest BCUT2D eigenvalue weighted by atomic mass is 16.2. The van der Waals surface area contributed by atoms with Gasteiger partial charge in [-0.2, -0.15) is 0 Å². The Labute approximate surface area is 117 Å². The predicted octanol–water partition coefficient (Wildman–Crippen LogP) is 2.44. The Balaban J connectivity index is 1.98. The molecule has 3 rings (SSSR count). The second-order valence-corrected chi connectivity index (χ2v) is 4.88. The molecule has 1 aliphatic rings. The number of carbonyl (C=O) groups is 2. The van der Waals surface area contributed by atoms with Crippen LogP contribution in [0.4, 0.5) is 5.82 Å². The van der Waals surface area contributed by atoms with Crippen molar-refractivity contribution in [3.8, 4) is 0 Å². The first kappa shape index (κ1) is 12.5. The zero-order valence-electron chi connectivity index (χ0n) is 11.1. The van der Waals surface area contributed by atoms with Gasteiger partial charge in [0.1, 0.15) is 5.82 Å². The third-order valence-electron chi connectivity index (χ3n) is 3.54. The summed E-state index contributed by atoms with van der Waals surface area (Å²) in [5, 5.41) is 0. The third kappa shape index (κ3) is 1.99. The summed E-state index contributed by atoms with van der Waals surface area (Å²) in [5.41, 5.74) is 1.70. The summed E-state index contributed by atoms with van der Waals surface area (Å²) in [7, 11) is 0. The highest BCUT2D eigenvalue weighted by molar-refractivity contribution is 6.22. The van der Waals surface area contributed by atoms with Gasteiger partial charge >= 0.3 is 0 Å². The lowest BCUT2D eigenvalue weighted by atomic mass is 9.98. The van der Waals surface area contributed by atoms with Crippen LogP contribution >= 0.6 is 0 Å². The van der Waals surface area contributed by atoms with E-state index < -0.39 is 5.92 Å². The van der Waals surface area contributed by atoms with E-state index in [1.165, 1.54) is 4.90 Å². The lowest BCUT2D eigenvalue weighted by Gasteiger charge is -2.15. The fraction of sp³-hybridized carbons (Fsp3) is 0.188. The van der Waals surface area contributed by atoms with E-state index in [1.54, 1.807) is 12.3 Å². The normalized spacial score (nSPS) is 18.6. The maximum Gasteiger partial charge on any atom is 0.243 e. The minimum Gasteiger partial charge on any atom is -0.274 e. The van der Waals surface area contributed by atoms with Crippen molar-refractivity contribution in [3.63, 3.8) is 0 Å². The van der Waals surface area contributed by atoms with E-state index in [0.29, 0.717) is 5.82 Å². The van der Waals surface area contributed by atoms with Crippen LogP contribution in [-0.4, -0.2) is 16.8 Å². The quantitative estimate of drug-likeness (QED) is 0.784. The first-order valence-electron chi connectivity index (χ1n) is 6.52. The summed E-state index contributed by atoms with van der Waals surface area (Å²) >= 11 is 0. The van der Waals surface area contributed by atoms with E-state index >= 15 is 0 Å². The van der Waals surface area contributed by atoms with E-state index in [4.69, 9.17) is 0 Å². The van der Waals surface area contributed by atoms with Gasteiger partial charge in [-0.3, -0.25) is 9.59 Å². The van der Waals surface area contributed by atoms with Crippen LogP contribution in [0.3, 0.4) is 0 Å². The molecule has 0 aliphatic carbocycles. The molecule has 20 heavy (non-hydrogen) atoms. The van der Waals surface area contributed by atoms with Crippen LogP contribution in [0.5, 0.6) is 0 Å². The number of aromatic nitrogens is 1. The average Bonchev–Trinajstić information content (AvgIpc) is 2.76. The van der Waals surface area contributed by atoms with Crippen LogP contribution in [0, 0.1) is 6.92 Å². The number of rotatable bonds is 2. The monoisotopic (exact) mass is 266 g/mol. The number of nitrogens with zero attached hydrogens (tertiary/aromatic N) is 2. The van der Waals surface area contributed by atoms with Gasteiger partial charge in [0.15, 0.2) is 0 Å².